The molecule has 0 amide bonds. The van der Waals surface area contributed by atoms with Crippen molar-refractivity contribution in [1.29, 1.82) is 0 Å². The van der Waals surface area contributed by atoms with Gasteiger partial charge < -0.3 is 23.7 Å². The first-order chi connectivity index (χ1) is 18.5. The van der Waals surface area contributed by atoms with Crippen LogP contribution in [0.1, 0.15) is 31.2 Å². The maximum Gasteiger partial charge on any atom is 0.485 e. The number of likely N-dealkylation sites (tertiary alicyclic amines) is 1. The summed E-state index contributed by atoms with van der Waals surface area (Å²) in [5, 5.41) is 10.5. The summed E-state index contributed by atoms with van der Waals surface area (Å²) in [5.41, 5.74) is -2.48. The monoisotopic (exact) mass is 569 g/mol. The number of β-amino-alcohol motifs (C(OH)–C–C–N with tert-alkyl or cyclic N) is 1. The number of rotatable bonds is 6. The van der Waals surface area contributed by atoms with Gasteiger partial charge in [-0.1, -0.05) is 6.42 Å². The third kappa shape index (κ3) is 8.01. The number of aromatic nitrogens is 2. The van der Waals surface area contributed by atoms with E-state index in [9.17, 15) is 18.3 Å². The Bertz CT molecular complexity index is 1340. The predicted octanol–water partition coefficient (Wildman–Crippen LogP) is 3.52. The Labute approximate surface area is 224 Å². The molecule has 13 heteroatoms. The van der Waals surface area contributed by atoms with Crippen LogP contribution in [0.15, 0.2) is 53.3 Å². The molecule has 2 aliphatic heterocycles. The molecule has 1 N–H and O–H groups in total. The molecule has 1 fully saturated rings. The lowest BCUT2D eigenvalue weighted by molar-refractivity contribution is -0.703. The fourth-order valence-electron chi connectivity index (χ4n) is 4.52. The molecule has 0 bridgehead atoms. The van der Waals surface area contributed by atoms with Gasteiger partial charge in [0.15, 0.2) is 34.8 Å². The molecule has 1 saturated heterocycles. The second-order valence-corrected chi connectivity index (χ2v) is 10.9. The number of pyridine rings is 1. The van der Waals surface area contributed by atoms with E-state index < -0.39 is 15.6 Å². The molecule has 1 unspecified atom stereocenters. The molecule has 1 atom stereocenters. The highest BCUT2D eigenvalue weighted by Gasteiger charge is 2.37. The van der Waals surface area contributed by atoms with Crippen LogP contribution < -0.4 is 9.30 Å². The van der Waals surface area contributed by atoms with Gasteiger partial charge in [0, 0.05) is 29.8 Å². The van der Waals surface area contributed by atoms with E-state index in [1.165, 1.54) is 24.8 Å². The highest BCUT2D eigenvalue weighted by atomic mass is 32.2. The van der Waals surface area contributed by atoms with Crippen LogP contribution in [0.2, 0.25) is 0 Å². The van der Waals surface area contributed by atoms with E-state index in [2.05, 4.69) is 16.0 Å². The van der Waals surface area contributed by atoms with Crippen LogP contribution in [0.25, 0.3) is 22.8 Å². The molecule has 2 aromatic heterocycles. The molecule has 39 heavy (non-hydrogen) atoms. The number of oxazole rings is 1. The molecular formula is C26H30F3N3O6S. The quantitative estimate of drug-likeness (QED) is 0.272. The molecule has 0 aliphatic carbocycles. The lowest BCUT2D eigenvalue weighted by Gasteiger charge is -2.27. The van der Waals surface area contributed by atoms with Crippen molar-refractivity contribution in [2.75, 3.05) is 26.2 Å². The van der Waals surface area contributed by atoms with Crippen molar-refractivity contribution in [3.8, 4) is 28.5 Å². The molecule has 9 nitrogen and oxygen atoms in total. The Morgan fingerprint density at radius 3 is 2.44 bits per heavy atom. The summed E-state index contributed by atoms with van der Waals surface area (Å²) in [5.74, 6) is 2.33. The van der Waals surface area contributed by atoms with Gasteiger partial charge >= 0.3 is 5.51 Å². The zero-order valence-electron chi connectivity index (χ0n) is 21.1. The summed E-state index contributed by atoms with van der Waals surface area (Å²) in [4.78, 5) is 6.85. The largest absolute Gasteiger partial charge is 0.741 e. The van der Waals surface area contributed by atoms with Crippen molar-refractivity contribution in [1.82, 2.24) is 9.88 Å². The minimum atomic E-state index is -6.09. The second-order valence-electron chi connectivity index (χ2n) is 9.50. The summed E-state index contributed by atoms with van der Waals surface area (Å²) in [6.07, 6.45) is 11.3. The highest BCUT2D eigenvalue weighted by Crippen LogP contribution is 2.31. The molecule has 1 aromatic carbocycles. The Kier molecular flexibility index (Phi) is 9.26. The van der Waals surface area contributed by atoms with Gasteiger partial charge in [0.25, 0.3) is 0 Å². The zero-order valence-corrected chi connectivity index (χ0v) is 22.0. The number of aliphatic hydroxyl groups is 1. The first-order valence-electron chi connectivity index (χ1n) is 12.6. The van der Waals surface area contributed by atoms with Gasteiger partial charge in [-0.05, 0) is 62.5 Å². The van der Waals surface area contributed by atoms with E-state index in [0.717, 1.165) is 61.7 Å². The predicted molar refractivity (Wildman–Crippen MR) is 133 cm³/mol. The maximum absolute atomic E-state index is 10.7. The summed E-state index contributed by atoms with van der Waals surface area (Å²) in [6, 6.07) is 10.2. The van der Waals surface area contributed by atoms with Crippen LogP contribution in [0, 0.1) is 0 Å². The Balaban J connectivity index is 0.000000386. The number of piperidine rings is 1. The van der Waals surface area contributed by atoms with Gasteiger partial charge in [-0.2, -0.15) is 13.2 Å². The van der Waals surface area contributed by atoms with Gasteiger partial charge in [-0.15, -0.1) is 0 Å². The number of alkyl halides is 3. The first-order valence-corrected chi connectivity index (χ1v) is 14.0. The number of ether oxygens (including phenoxy) is 1. The number of hydrogen-bond acceptors (Lipinski definition) is 8. The van der Waals surface area contributed by atoms with E-state index in [0.29, 0.717) is 12.4 Å². The molecule has 3 aromatic rings. The van der Waals surface area contributed by atoms with Gasteiger partial charge in [-0.3, -0.25) is 0 Å². The number of fused-ring (bicyclic) bond motifs is 1. The second kappa shape index (κ2) is 12.5. The van der Waals surface area contributed by atoms with Gasteiger partial charge in [0.1, 0.15) is 11.9 Å². The Morgan fingerprint density at radius 1 is 1.08 bits per heavy atom. The first kappa shape index (κ1) is 29.0. The zero-order chi connectivity index (χ0) is 28.0. The Hall–Kier alpha value is -3.00. The van der Waals surface area contributed by atoms with Crippen molar-refractivity contribution in [2.45, 2.75) is 50.3 Å². The Morgan fingerprint density at radius 2 is 1.77 bits per heavy atom. The lowest BCUT2D eigenvalue weighted by Crippen LogP contribution is -2.45. The maximum atomic E-state index is 10.7. The normalized spacial score (nSPS) is 16.9. The number of benzene rings is 1. The average molecular weight is 570 g/mol. The van der Waals surface area contributed by atoms with Gasteiger partial charge in [0.05, 0.1) is 12.8 Å². The minimum Gasteiger partial charge on any atom is -0.741 e. The molecular weight excluding hydrogens is 539 g/mol. The standard InChI is InChI=1S/C25H30N3O3.CHF3O3S/c29-22(17-27-10-2-1-3-11-27)18-28-12-8-19(9-13-28)24-16-26-25(31-24)21-6-7-23-20(15-21)5-4-14-30-23;2-1(3,4)8(5,6)7/h6-9,12-13,15-16,22,29H,1-5,10-11,14,17-18H2;(H,5,6,7)/q+1;/p-1. The molecule has 0 spiro atoms. The van der Waals surface area contributed by atoms with Crippen molar-refractivity contribution < 1.29 is 45.0 Å². The van der Waals surface area contributed by atoms with Crippen LogP contribution in [-0.2, 0) is 23.1 Å². The highest BCUT2D eigenvalue weighted by molar-refractivity contribution is 7.86. The molecule has 4 heterocycles. The van der Waals surface area contributed by atoms with Gasteiger partial charge in [0.2, 0.25) is 5.89 Å². The number of nitrogens with zero attached hydrogens (tertiary/aromatic N) is 3. The number of hydrogen-bond donors (Lipinski definition) is 1. The summed E-state index contributed by atoms with van der Waals surface area (Å²) in [7, 11) is -6.09. The SMILES string of the molecule is O=S(=O)([O-])C(F)(F)F.OC(CN1CCCCC1)C[n+]1ccc(-c2cnc(-c3ccc4c(c3)CCCO4)o2)cc1. The molecule has 0 radical (unpaired) electrons. The van der Waals surface area contributed by atoms with E-state index in [1.54, 1.807) is 6.20 Å². The average Bonchev–Trinajstić information content (AvgIpc) is 3.39. The van der Waals surface area contributed by atoms with Crippen molar-refractivity contribution in [3.63, 3.8) is 0 Å². The van der Waals surface area contributed by atoms with E-state index >= 15 is 0 Å². The fourth-order valence-corrected chi connectivity index (χ4v) is 4.52. The summed E-state index contributed by atoms with van der Waals surface area (Å²) < 4.78 is 72.7. The van der Waals surface area contributed by atoms with Crippen LogP contribution in [-0.4, -0.2) is 65.8 Å². The van der Waals surface area contributed by atoms with Crippen LogP contribution in [0.4, 0.5) is 13.2 Å². The molecule has 0 saturated carbocycles. The van der Waals surface area contributed by atoms with E-state index in [4.69, 9.17) is 22.1 Å². The van der Waals surface area contributed by atoms with Crippen LogP contribution in [0.5, 0.6) is 5.75 Å². The van der Waals surface area contributed by atoms with Crippen LogP contribution in [0.3, 0.4) is 0 Å². The molecule has 5 rings (SSSR count). The van der Waals surface area contributed by atoms with E-state index in [1.807, 2.05) is 41.2 Å². The van der Waals surface area contributed by atoms with Crippen LogP contribution >= 0.6 is 0 Å². The summed E-state index contributed by atoms with van der Waals surface area (Å²) >= 11 is 0. The van der Waals surface area contributed by atoms with Crippen molar-refractivity contribution in [3.05, 3.63) is 54.5 Å². The summed E-state index contributed by atoms with van der Waals surface area (Å²) in [6.45, 7) is 4.33. The van der Waals surface area contributed by atoms with Crippen molar-refractivity contribution in [2.24, 2.45) is 0 Å². The fraction of sp³-hybridized carbons (Fsp3) is 0.462. The topological polar surface area (TPSA) is 120 Å². The minimum absolute atomic E-state index is 0.362. The van der Waals surface area contributed by atoms with E-state index in [-0.39, 0.29) is 6.10 Å². The van der Waals surface area contributed by atoms with Gasteiger partial charge in [-0.25, -0.2) is 18.0 Å². The third-order valence-corrected chi connectivity index (χ3v) is 7.03. The molecule has 212 valence electrons. The number of halogens is 3. The molecule has 2 aliphatic rings. The number of aliphatic hydroxyl groups excluding tert-OH is 1. The third-order valence-electron chi connectivity index (χ3n) is 6.46. The lowest BCUT2D eigenvalue weighted by atomic mass is 10.0. The van der Waals surface area contributed by atoms with Crippen molar-refractivity contribution >= 4 is 10.1 Å². The number of aryl methyl sites for hydroxylation is 1. The smallest absolute Gasteiger partial charge is 0.485 e.